The Morgan fingerprint density at radius 1 is 1.27 bits per heavy atom. The average molecular weight is 158 g/mol. The van der Waals surface area contributed by atoms with Crippen LogP contribution in [-0.4, -0.2) is 22.9 Å². The summed E-state index contributed by atoms with van der Waals surface area (Å²) in [5.74, 6) is 0. The molecule has 1 saturated carbocycles. The Balaban J connectivity index is 2.37. The second-order valence-electron chi connectivity index (χ2n) is 4.27. The molecule has 66 valence electrons. The van der Waals surface area contributed by atoms with Gasteiger partial charge in [0.05, 0.1) is 17.8 Å². The minimum Gasteiger partial charge on any atom is -0.390 e. The van der Waals surface area contributed by atoms with E-state index in [1.165, 1.54) is 0 Å². The average Bonchev–Trinajstić information content (AvgIpc) is 2.12. The molecule has 2 nitrogen and oxygen atoms in total. The van der Waals surface area contributed by atoms with E-state index in [4.69, 9.17) is 4.74 Å². The van der Waals surface area contributed by atoms with Crippen molar-refractivity contribution in [1.29, 1.82) is 0 Å². The van der Waals surface area contributed by atoms with E-state index in [0.717, 1.165) is 19.3 Å². The molecule has 0 spiro atoms. The van der Waals surface area contributed by atoms with Gasteiger partial charge in [-0.15, -0.1) is 0 Å². The Labute approximate surface area is 68.6 Å². The molecule has 11 heavy (non-hydrogen) atoms. The summed E-state index contributed by atoms with van der Waals surface area (Å²) < 4.78 is 5.66. The number of ether oxygens (including phenoxy) is 1. The van der Waals surface area contributed by atoms with Crippen molar-refractivity contribution in [2.24, 2.45) is 0 Å². The SMILES string of the molecule is CC(C)(C)O[C@@H]1CCC[C@@H]1O. The summed E-state index contributed by atoms with van der Waals surface area (Å²) in [7, 11) is 0. The molecule has 1 aliphatic rings. The molecule has 0 amide bonds. The Morgan fingerprint density at radius 2 is 1.91 bits per heavy atom. The summed E-state index contributed by atoms with van der Waals surface area (Å²) in [6.45, 7) is 6.08. The normalized spacial score (nSPS) is 32.7. The molecule has 2 heteroatoms. The summed E-state index contributed by atoms with van der Waals surface area (Å²) in [4.78, 5) is 0. The Hall–Kier alpha value is -0.0800. The number of rotatable bonds is 1. The lowest BCUT2D eigenvalue weighted by molar-refractivity contribution is -0.0974. The molecular weight excluding hydrogens is 140 g/mol. The van der Waals surface area contributed by atoms with Crippen LogP contribution in [-0.2, 0) is 4.74 Å². The van der Waals surface area contributed by atoms with Crippen molar-refractivity contribution < 1.29 is 9.84 Å². The third-order valence-corrected chi connectivity index (χ3v) is 1.92. The largest absolute Gasteiger partial charge is 0.390 e. The van der Waals surface area contributed by atoms with Gasteiger partial charge in [-0.2, -0.15) is 0 Å². The molecule has 2 atom stereocenters. The van der Waals surface area contributed by atoms with Gasteiger partial charge in [0.15, 0.2) is 0 Å². The van der Waals surface area contributed by atoms with E-state index >= 15 is 0 Å². The first kappa shape index (κ1) is 9.01. The third-order valence-electron chi connectivity index (χ3n) is 1.92. The van der Waals surface area contributed by atoms with E-state index in [-0.39, 0.29) is 17.8 Å². The first-order chi connectivity index (χ1) is 4.99. The topological polar surface area (TPSA) is 29.5 Å². The molecule has 0 aliphatic heterocycles. The molecule has 1 aliphatic carbocycles. The van der Waals surface area contributed by atoms with E-state index in [9.17, 15) is 5.11 Å². The summed E-state index contributed by atoms with van der Waals surface area (Å²) >= 11 is 0. The zero-order chi connectivity index (χ0) is 8.48. The maximum atomic E-state index is 9.43. The molecule has 0 aromatic heterocycles. The zero-order valence-electron chi connectivity index (χ0n) is 7.63. The molecule has 1 fully saturated rings. The first-order valence-electron chi connectivity index (χ1n) is 4.35. The minimum atomic E-state index is -0.228. The highest BCUT2D eigenvalue weighted by Gasteiger charge is 2.29. The monoisotopic (exact) mass is 158 g/mol. The van der Waals surface area contributed by atoms with Crippen LogP contribution in [0.25, 0.3) is 0 Å². The highest BCUT2D eigenvalue weighted by Crippen LogP contribution is 2.25. The summed E-state index contributed by atoms with van der Waals surface area (Å²) in [6.07, 6.45) is 2.87. The van der Waals surface area contributed by atoms with Crippen LogP contribution in [0.3, 0.4) is 0 Å². The van der Waals surface area contributed by atoms with Gasteiger partial charge in [0.25, 0.3) is 0 Å². The van der Waals surface area contributed by atoms with Gasteiger partial charge < -0.3 is 9.84 Å². The van der Waals surface area contributed by atoms with Crippen molar-refractivity contribution in [2.45, 2.75) is 57.8 Å². The molecule has 1 N–H and O–H groups in total. The highest BCUT2D eigenvalue weighted by atomic mass is 16.5. The molecule has 0 aromatic rings. The van der Waals surface area contributed by atoms with Crippen molar-refractivity contribution in [3.63, 3.8) is 0 Å². The molecule has 0 aromatic carbocycles. The van der Waals surface area contributed by atoms with E-state index in [1.54, 1.807) is 0 Å². The number of hydrogen-bond acceptors (Lipinski definition) is 2. The zero-order valence-corrected chi connectivity index (χ0v) is 7.63. The van der Waals surface area contributed by atoms with Crippen molar-refractivity contribution in [2.75, 3.05) is 0 Å². The fraction of sp³-hybridized carbons (Fsp3) is 1.00. The van der Waals surface area contributed by atoms with Gasteiger partial charge >= 0.3 is 0 Å². The van der Waals surface area contributed by atoms with Gasteiger partial charge in [-0.05, 0) is 40.0 Å². The quantitative estimate of drug-likeness (QED) is 0.629. The van der Waals surface area contributed by atoms with Crippen LogP contribution in [0.4, 0.5) is 0 Å². The van der Waals surface area contributed by atoms with E-state index < -0.39 is 0 Å². The van der Waals surface area contributed by atoms with Gasteiger partial charge in [0, 0.05) is 0 Å². The van der Waals surface area contributed by atoms with Crippen LogP contribution in [0.15, 0.2) is 0 Å². The summed E-state index contributed by atoms with van der Waals surface area (Å²) in [5, 5.41) is 9.43. The van der Waals surface area contributed by atoms with Gasteiger partial charge in [-0.3, -0.25) is 0 Å². The molecule has 1 rings (SSSR count). The molecule has 0 bridgehead atoms. The Morgan fingerprint density at radius 3 is 2.27 bits per heavy atom. The van der Waals surface area contributed by atoms with Crippen LogP contribution in [0.5, 0.6) is 0 Å². The molecule has 0 saturated heterocycles. The highest BCUT2D eigenvalue weighted by molar-refractivity contribution is 4.79. The number of aliphatic hydroxyl groups is 1. The summed E-state index contributed by atoms with van der Waals surface area (Å²) in [5.41, 5.74) is -0.115. The van der Waals surface area contributed by atoms with Crippen LogP contribution < -0.4 is 0 Å². The van der Waals surface area contributed by atoms with Crippen molar-refractivity contribution in [3.8, 4) is 0 Å². The van der Waals surface area contributed by atoms with Gasteiger partial charge in [0.2, 0.25) is 0 Å². The maximum Gasteiger partial charge on any atom is 0.0841 e. The third kappa shape index (κ3) is 2.80. The van der Waals surface area contributed by atoms with Gasteiger partial charge in [0.1, 0.15) is 0 Å². The lowest BCUT2D eigenvalue weighted by Crippen LogP contribution is -2.32. The van der Waals surface area contributed by atoms with Gasteiger partial charge in [-0.25, -0.2) is 0 Å². The fourth-order valence-electron chi connectivity index (χ4n) is 1.50. The second kappa shape index (κ2) is 3.11. The minimum absolute atomic E-state index is 0.0787. The first-order valence-corrected chi connectivity index (χ1v) is 4.35. The number of aliphatic hydroxyl groups excluding tert-OH is 1. The lowest BCUT2D eigenvalue weighted by Gasteiger charge is -2.26. The predicted octanol–water partition coefficient (Wildman–Crippen LogP) is 1.71. The molecule has 0 heterocycles. The smallest absolute Gasteiger partial charge is 0.0841 e. The van der Waals surface area contributed by atoms with Crippen molar-refractivity contribution in [1.82, 2.24) is 0 Å². The molecule has 0 radical (unpaired) electrons. The van der Waals surface area contributed by atoms with E-state index in [0.29, 0.717) is 0 Å². The fourth-order valence-corrected chi connectivity index (χ4v) is 1.50. The van der Waals surface area contributed by atoms with Crippen LogP contribution >= 0.6 is 0 Å². The number of hydrogen-bond donors (Lipinski definition) is 1. The Kier molecular flexibility index (Phi) is 2.55. The van der Waals surface area contributed by atoms with E-state index in [2.05, 4.69) is 0 Å². The predicted molar refractivity (Wildman–Crippen MR) is 44.5 cm³/mol. The Bertz CT molecular complexity index is 126. The van der Waals surface area contributed by atoms with Crippen LogP contribution in [0, 0.1) is 0 Å². The molecule has 0 unspecified atom stereocenters. The maximum absolute atomic E-state index is 9.43. The van der Waals surface area contributed by atoms with Crippen molar-refractivity contribution >= 4 is 0 Å². The van der Waals surface area contributed by atoms with Crippen LogP contribution in [0.1, 0.15) is 40.0 Å². The van der Waals surface area contributed by atoms with Crippen LogP contribution in [0.2, 0.25) is 0 Å². The molecular formula is C9H18O2. The lowest BCUT2D eigenvalue weighted by atomic mass is 10.1. The summed E-state index contributed by atoms with van der Waals surface area (Å²) in [6, 6.07) is 0. The van der Waals surface area contributed by atoms with Crippen molar-refractivity contribution in [3.05, 3.63) is 0 Å². The van der Waals surface area contributed by atoms with Gasteiger partial charge in [-0.1, -0.05) is 0 Å². The second-order valence-corrected chi connectivity index (χ2v) is 4.27. The van der Waals surface area contributed by atoms with E-state index in [1.807, 2.05) is 20.8 Å². The standard InChI is InChI=1S/C9H18O2/c1-9(2,3)11-8-6-4-5-7(8)10/h7-8,10H,4-6H2,1-3H3/t7-,8+/m0/s1.